The van der Waals surface area contributed by atoms with Gasteiger partial charge in [0.15, 0.2) is 0 Å². The maximum absolute atomic E-state index is 12.4. The van der Waals surface area contributed by atoms with E-state index < -0.39 is 22.0 Å². The second kappa shape index (κ2) is 5.02. The van der Waals surface area contributed by atoms with E-state index in [-0.39, 0.29) is 13.0 Å². The number of carbonyl (C=O) groups is 1. The molecule has 0 saturated heterocycles. The highest BCUT2D eigenvalue weighted by atomic mass is 16.6. The summed E-state index contributed by atoms with van der Waals surface area (Å²) >= 11 is 0. The molecular weight excluding hydrogens is 272 g/mol. The molecule has 0 spiro atoms. The van der Waals surface area contributed by atoms with Crippen LogP contribution in [0.25, 0.3) is 0 Å². The number of ether oxygens (including phenoxy) is 1. The van der Waals surface area contributed by atoms with Crippen molar-refractivity contribution in [2.24, 2.45) is 0 Å². The topological polar surface area (TPSA) is 72.7 Å². The lowest BCUT2D eigenvalue weighted by Crippen LogP contribution is -2.71. The van der Waals surface area contributed by atoms with Gasteiger partial charge < -0.3 is 9.64 Å². The first-order chi connectivity index (χ1) is 9.79. The van der Waals surface area contributed by atoms with E-state index in [9.17, 15) is 14.9 Å². The van der Waals surface area contributed by atoms with Crippen molar-refractivity contribution in [1.82, 2.24) is 0 Å². The third kappa shape index (κ3) is 1.97. The Labute approximate surface area is 123 Å². The number of nitro groups is 1. The van der Waals surface area contributed by atoms with E-state index in [0.717, 1.165) is 11.3 Å². The Kier molecular flexibility index (Phi) is 3.65. The molecule has 0 aromatic heterocycles. The van der Waals surface area contributed by atoms with Gasteiger partial charge in [0.2, 0.25) is 0 Å². The Balaban J connectivity index is 2.66. The predicted octanol–water partition coefficient (Wildman–Crippen LogP) is 2.04. The number of carbonyl (C=O) groups excluding carboxylic acids is 1. The van der Waals surface area contributed by atoms with Crippen LogP contribution < -0.4 is 4.90 Å². The molecule has 1 aliphatic rings. The number of hydrogen-bond acceptors (Lipinski definition) is 5. The van der Waals surface area contributed by atoms with E-state index in [1.807, 2.05) is 24.3 Å². The van der Waals surface area contributed by atoms with Gasteiger partial charge in [0.25, 0.3) is 0 Å². The van der Waals surface area contributed by atoms with Gasteiger partial charge in [-0.3, -0.25) is 10.1 Å². The minimum Gasteiger partial charge on any atom is -0.461 e. The Hall–Kier alpha value is -2.11. The molecule has 0 radical (unpaired) electrons. The molecule has 1 aliphatic heterocycles. The molecule has 0 saturated carbocycles. The number of rotatable bonds is 3. The molecule has 2 rings (SSSR count). The van der Waals surface area contributed by atoms with Crippen LogP contribution in [-0.4, -0.2) is 35.6 Å². The summed E-state index contributed by atoms with van der Waals surface area (Å²) in [5, 5.41) is 11.8. The Morgan fingerprint density at radius 2 is 2.05 bits per heavy atom. The van der Waals surface area contributed by atoms with Crippen LogP contribution in [0.15, 0.2) is 24.3 Å². The average Bonchev–Trinajstić information content (AvgIpc) is 2.42. The quantitative estimate of drug-likeness (QED) is 0.484. The molecule has 114 valence electrons. The van der Waals surface area contributed by atoms with E-state index in [1.54, 1.807) is 32.7 Å². The van der Waals surface area contributed by atoms with Gasteiger partial charge in [0.05, 0.1) is 13.0 Å². The molecule has 1 aromatic carbocycles. The van der Waals surface area contributed by atoms with E-state index >= 15 is 0 Å². The summed E-state index contributed by atoms with van der Waals surface area (Å²) in [5.74, 6) is -0.777. The monoisotopic (exact) mass is 292 g/mol. The molecule has 0 amide bonds. The van der Waals surface area contributed by atoms with Gasteiger partial charge in [-0.1, -0.05) is 18.2 Å². The minimum atomic E-state index is -1.81. The zero-order valence-electron chi connectivity index (χ0n) is 12.8. The standard InChI is InChI=1S/C15H20N2O4/c1-5-21-13(18)15(17(19)20)10-11-8-6-7-9-12(11)16(4)14(15,2)3/h6-9H,5,10H2,1-4H3. The van der Waals surface area contributed by atoms with Crippen molar-refractivity contribution >= 4 is 11.7 Å². The fourth-order valence-electron chi connectivity index (χ4n) is 2.99. The Morgan fingerprint density at radius 3 is 2.62 bits per heavy atom. The number of anilines is 1. The van der Waals surface area contributed by atoms with Crippen LogP contribution >= 0.6 is 0 Å². The highest BCUT2D eigenvalue weighted by Crippen LogP contribution is 2.44. The number of benzene rings is 1. The highest BCUT2D eigenvalue weighted by molar-refractivity contribution is 5.84. The maximum Gasteiger partial charge on any atom is 0.387 e. The van der Waals surface area contributed by atoms with Crippen LogP contribution in [-0.2, 0) is 16.0 Å². The highest BCUT2D eigenvalue weighted by Gasteiger charge is 2.67. The third-order valence-corrected chi connectivity index (χ3v) is 4.57. The molecule has 1 heterocycles. The van der Waals surface area contributed by atoms with Crippen molar-refractivity contribution in [3.63, 3.8) is 0 Å². The zero-order chi connectivity index (χ0) is 15.8. The van der Waals surface area contributed by atoms with E-state index in [1.165, 1.54) is 0 Å². The van der Waals surface area contributed by atoms with Crippen LogP contribution in [0.1, 0.15) is 26.3 Å². The largest absolute Gasteiger partial charge is 0.461 e. The molecule has 0 fully saturated rings. The van der Waals surface area contributed by atoms with E-state index in [0.29, 0.717) is 0 Å². The van der Waals surface area contributed by atoms with Crippen LogP contribution in [0.3, 0.4) is 0 Å². The molecule has 0 bridgehead atoms. The van der Waals surface area contributed by atoms with Gasteiger partial charge in [-0.2, -0.15) is 0 Å². The summed E-state index contributed by atoms with van der Waals surface area (Å²) in [6.07, 6.45) is 0.0341. The van der Waals surface area contributed by atoms with Gasteiger partial charge in [-0.25, -0.2) is 4.79 Å². The summed E-state index contributed by atoms with van der Waals surface area (Å²) in [7, 11) is 1.77. The summed E-state index contributed by atoms with van der Waals surface area (Å²) in [4.78, 5) is 25.6. The first-order valence-corrected chi connectivity index (χ1v) is 6.92. The van der Waals surface area contributed by atoms with Crippen LogP contribution in [0, 0.1) is 10.1 Å². The van der Waals surface area contributed by atoms with Crippen molar-refractivity contribution in [3.8, 4) is 0 Å². The molecule has 0 aliphatic carbocycles. The molecule has 1 unspecified atom stereocenters. The molecular formula is C15H20N2O4. The maximum atomic E-state index is 12.4. The summed E-state index contributed by atoms with van der Waals surface area (Å²) in [6.45, 7) is 5.19. The third-order valence-electron chi connectivity index (χ3n) is 4.57. The lowest BCUT2D eigenvalue weighted by atomic mass is 9.71. The number of hydrogen-bond donors (Lipinski definition) is 0. The second-order valence-corrected chi connectivity index (χ2v) is 5.76. The van der Waals surface area contributed by atoms with Gasteiger partial charge in [0.1, 0.15) is 5.54 Å². The van der Waals surface area contributed by atoms with Crippen molar-refractivity contribution in [2.75, 3.05) is 18.6 Å². The Bertz CT molecular complexity index is 585. The SMILES string of the molecule is CCOC(=O)C1([N+](=O)[O-])Cc2ccccc2N(C)C1(C)C. The summed E-state index contributed by atoms with van der Waals surface area (Å²) < 4.78 is 5.04. The fraction of sp³-hybridized carbons (Fsp3) is 0.533. The average molecular weight is 292 g/mol. The minimum absolute atomic E-state index is 0.0341. The van der Waals surface area contributed by atoms with Crippen molar-refractivity contribution in [3.05, 3.63) is 39.9 Å². The lowest BCUT2D eigenvalue weighted by Gasteiger charge is -2.48. The molecule has 6 nitrogen and oxygen atoms in total. The predicted molar refractivity (Wildman–Crippen MR) is 79.0 cm³/mol. The number of likely N-dealkylation sites (N-methyl/N-ethyl adjacent to an activating group) is 1. The van der Waals surface area contributed by atoms with Crippen molar-refractivity contribution in [2.45, 2.75) is 38.3 Å². The van der Waals surface area contributed by atoms with Crippen LogP contribution in [0.4, 0.5) is 5.69 Å². The summed E-state index contributed by atoms with van der Waals surface area (Å²) in [6, 6.07) is 7.43. The normalized spacial score (nSPS) is 23.3. The van der Waals surface area contributed by atoms with Crippen LogP contribution in [0.5, 0.6) is 0 Å². The van der Waals surface area contributed by atoms with Gasteiger partial charge >= 0.3 is 11.5 Å². The molecule has 6 heteroatoms. The van der Waals surface area contributed by atoms with E-state index in [4.69, 9.17) is 4.74 Å². The van der Waals surface area contributed by atoms with Gasteiger partial charge in [-0.05, 0) is 32.4 Å². The first-order valence-electron chi connectivity index (χ1n) is 6.92. The Morgan fingerprint density at radius 1 is 1.43 bits per heavy atom. The molecule has 21 heavy (non-hydrogen) atoms. The van der Waals surface area contributed by atoms with Crippen molar-refractivity contribution < 1.29 is 14.5 Å². The number of esters is 1. The molecule has 0 N–H and O–H groups in total. The zero-order valence-corrected chi connectivity index (χ0v) is 12.8. The summed E-state index contributed by atoms with van der Waals surface area (Å²) in [5.41, 5.74) is -1.13. The van der Waals surface area contributed by atoms with Crippen molar-refractivity contribution in [1.29, 1.82) is 0 Å². The second-order valence-electron chi connectivity index (χ2n) is 5.76. The van der Waals surface area contributed by atoms with Crippen LogP contribution in [0.2, 0.25) is 0 Å². The lowest BCUT2D eigenvalue weighted by molar-refractivity contribution is -0.566. The smallest absolute Gasteiger partial charge is 0.387 e. The molecule has 1 atom stereocenters. The van der Waals surface area contributed by atoms with E-state index in [2.05, 4.69) is 0 Å². The first kappa shape index (κ1) is 15.3. The van der Waals surface area contributed by atoms with Gasteiger partial charge in [-0.15, -0.1) is 0 Å². The number of para-hydroxylation sites is 1. The number of fused-ring (bicyclic) bond motifs is 1. The van der Waals surface area contributed by atoms with Gasteiger partial charge in [0, 0.05) is 17.7 Å². The fourth-order valence-corrected chi connectivity index (χ4v) is 2.99. The molecule has 1 aromatic rings. The number of nitrogens with zero attached hydrogens (tertiary/aromatic N) is 2.